The Morgan fingerprint density at radius 2 is 1.89 bits per heavy atom. The summed E-state index contributed by atoms with van der Waals surface area (Å²) in [6.07, 6.45) is 0. The zero-order valence-corrected chi connectivity index (χ0v) is 18.4. The molecule has 0 fully saturated rings. The number of hydrogen-bond acceptors (Lipinski definition) is 6. The number of carbonyl (C=O) groups is 1. The lowest BCUT2D eigenvalue weighted by molar-refractivity contribution is 0.0943. The van der Waals surface area contributed by atoms with Crippen LogP contribution in [0.2, 0.25) is 8.67 Å². The van der Waals surface area contributed by atoms with E-state index in [2.05, 4.69) is 20.9 Å². The molecule has 0 aliphatic heterocycles. The van der Waals surface area contributed by atoms with Gasteiger partial charge < -0.3 is 10.1 Å². The van der Waals surface area contributed by atoms with E-state index in [1.165, 1.54) is 30.3 Å². The van der Waals surface area contributed by atoms with Crippen molar-refractivity contribution in [3.05, 3.63) is 44.6 Å². The number of rotatable bonds is 7. The van der Waals surface area contributed by atoms with Gasteiger partial charge in [-0.2, -0.15) is 0 Å². The van der Waals surface area contributed by atoms with Crippen LogP contribution in [0.15, 0.2) is 35.2 Å². The molecule has 152 valence electrons. The second-order valence-corrected chi connectivity index (χ2v) is 9.54. The molecule has 4 N–H and O–H groups in total. The molecule has 0 spiro atoms. The van der Waals surface area contributed by atoms with Crippen LogP contribution < -0.4 is 20.9 Å². The van der Waals surface area contributed by atoms with Gasteiger partial charge in [-0.05, 0) is 42.5 Å². The minimum Gasteiger partial charge on any atom is -0.383 e. The highest BCUT2D eigenvalue weighted by Crippen LogP contribution is 2.35. The Hall–Kier alpha value is -1.63. The van der Waals surface area contributed by atoms with Crippen LogP contribution >= 0.6 is 46.8 Å². The highest BCUT2D eigenvalue weighted by atomic mass is 35.5. The number of benzene rings is 1. The highest BCUT2D eigenvalue weighted by Gasteiger charge is 2.21. The molecule has 0 saturated heterocycles. The SMILES string of the molecule is COCCNC(=S)NNC(=O)c1ccc(NS(=O)(=O)c2cc(Cl)sc2Cl)cc1. The number of ether oxygens (including phenoxy) is 1. The van der Waals surface area contributed by atoms with Crippen LogP contribution in [0.1, 0.15) is 10.4 Å². The van der Waals surface area contributed by atoms with Gasteiger partial charge in [0.15, 0.2) is 5.11 Å². The fourth-order valence-corrected chi connectivity index (χ4v) is 5.27. The first-order valence-corrected chi connectivity index (χ1v) is 11.1. The van der Waals surface area contributed by atoms with Crippen LogP contribution in [0.3, 0.4) is 0 Å². The molecule has 0 bridgehead atoms. The molecule has 2 aromatic rings. The number of carbonyl (C=O) groups excluding carboxylic acids is 1. The van der Waals surface area contributed by atoms with Gasteiger partial charge >= 0.3 is 0 Å². The lowest BCUT2D eigenvalue weighted by Crippen LogP contribution is -2.47. The second-order valence-electron chi connectivity index (χ2n) is 5.20. The lowest BCUT2D eigenvalue weighted by atomic mass is 10.2. The second kappa shape index (κ2) is 10.2. The maximum atomic E-state index is 12.4. The summed E-state index contributed by atoms with van der Waals surface area (Å²) in [4.78, 5) is 12.0. The molecular weight excluding hydrogens is 467 g/mol. The number of hydrazine groups is 1. The van der Waals surface area contributed by atoms with Crippen molar-refractivity contribution in [3.63, 3.8) is 0 Å². The summed E-state index contributed by atoms with van der Waals surface area (Å²) in [5, 5.41) is 3.07. The van der Waals surface area contributed by atoms with Crippen LogP contribution in [0.5, 0.6) is 0 Å². The van der Waals surface area contributed by atoms with Gasteiger partial charge in [0.1, 0.15) is 9.23 Å². The minimum atomic E-state index is -3.89. The number of thiophene rings is 1. The zero-order valence-electron chi connectivity index (χ0n) is 14.4. The Kier molecular flexibility index (Phi) is 8.28. The molecule has 1 amide bonds. The predicted molar refractivity (Wildman–Crippen MR) is 115 cm³/mol. The molecule has 0 aliphatic rings. The van der Waals surface area contributed by atoms with E-state index in [1.807, 2.05) is 0 Å². The molecule has 0 saturated carbocycles. The van der Waals surface area contributed by atoms with E-state index in [0.29, 0.717) is 18.7 Å². The van der Waals surface area contributed by atoms with Crippen molar-refractivity contribution in [2.24, 2.45) is 0 Å². The van der Waals surface area contributed by atoms with Gasteiger partial charge in [-0.1, -0.05) is 23.2 Å². The molecule has 0 aliphatic carbocycles. The van der Waals surface area contributed by atoms with Crippen molar-refractivity contribution < 1.29 is 17.9 Å². The van der Waals surface area contributed by atoms with Crippen molar-refractivity contribution in [3.8, 4) is 0 Å². The average molecular weight is 483 g/mol. The van der Waals surface area contributed by atoms with Gasteiger partial charge in [-0.3, -0.25) is 20.4 Å². The molecule has 28 heavy (non-hydrogen) atoms. The maximum Gasteiger partial charge on any atom is 0.269 e. The Balaban J connectivity index is 1.94. The van der Waals surface area contributed by atoms with Gasteiger partial charge in [-0.25, -0.2) is 8.42 Å². The van der Waals surface area contributed by atoms with E-state index in [9.17, 15) is 13.2 Å². The number of anilines is 1. The predicted octanol–water partition coefficient (Wildman–Crippen LogP) is 2.61. The fourth-order valence-electron chi connectivity index (χ4n) is 1.90. The third-order valence-corrected chi connectivity index (χ3v) is 6.58. The van der Waals surface area contributed by atoms with E-state index in [-0.39, 0.29) is 24.4 Å². The van der Waals surface area contributed by atoms with Crippen LogP contribution in [-0.4, -0.2) is 39.7 Å². The van der Waals surface area contributed by atoms with E-state index >= 15 is 0 Å². The van der Waals surface area contributed by atoms with Crippen molar-refractivity contribution >= 4 is 73.5 Å². The van der Waals surface area contributed by atoms with E-state index in [1.54, 1.807) is 7.11 Å². The number of methoxy groups -OCH3 is 1. The maximum absolute atomic E-state index is 12.4. The monoisotopic (exact) mass is 482 g/mol. The van der Waals surface area contributed by atoms with Crippen molar-refractivity contribution in [2.75, 3.05) is 25.0 Å². The number of nitrogens with one attached hydrogen (secondary N) is 4. The Labute approximate surface area is 181 Å². The quantitative estimate of drug-likeness (QED) is 0.272. The standard InChI is InChI=1S/C15H16Cl2N4O4S3/c1-25-7-6-18-15(26)20-19-14(22)9-2-4-10(5-3-9)21-28(23,24)11-8-12(16)27-13(11)17/h2-5,8,21H,6-7H2,1H3,(H,19,22)(H2,18,20,26). The van der Waals surface area contributed by atoms with E-state index in [4.69, 9.17) is 40.2 Å². The first kappa shape index (κ1) is 22.7. The van der Waals surface area contributed by atoms with Crippen LogP contribution in [0.4, 0.5) is 5.69 Å². The largest absolute Gasteiger partial charge is 0.383 e. The van der Waals surface area contributed by atoms with E-state index in [0.717, 1.165) is 11.3 Å². The minimum absolute atomic E-state index is 0.0645. The molecular formula is C15H16Cl2N4O4S3. The molecule has 1 aromatic carbocycles. The molecule has 13 heteroatoms. The number of amides is 1. The highest BCUT2D eigenvalue weighted by molar-refractivity contribution is 7.93. The van der Waals surface area contributed by atoms with Crippen LogP contribution in [-0.2, 0) is 14.8 Å². The zero-order chi connectivity index (χ0) is 20.7. The molecule has 1 aromatic heterocycles. The summed E-state index contributed by atoms with van der Waals surface area (Å²) in [5.41, 5.74) is 5.54. The number of hydrogen-bond donors (Lipinski definition) is 4. The first-order chi connectivity index (χ1) is 13.2. The van der Waals surface area contributed by atoms with Crippen LogP contribution in [0, 0.1) is 0 Å². The Morgan fingerprint density at radius 3 is 2.46 bits per heavy atom. The molecule has 8 nitrogen and oxygen atoms in total. The normalized spacial score (nSPS) is 11.0. The summed E-state index contributed by atoms with van der Waals surface area (Å²) in [7, 11) is -2.33. The third kappa shape index (κ3) is 6.47. The fraction of sp³-hybridized carbons (Fsp3) is 0.200. The summed E-state index contributed by atoms with van der Waals surface area (Å²) in [5.74, 6) is -0.446. The molecule has 2 rings (SSSR count). The molecule has 0 radical (unpaired) electrons. The molecule has 1 heterocycles. The Bertz CT molecular complexity index is 949. The average Bonchev–Trinajstić information content (AvgIpc) is 2.99. The summed E-state index contributed by atoms with van der Waals surface area (Å²) in [6.45, 7) is 0.961. The number of sulfonamides is 1. The van der Waals surface area contributed by atoms with E-state index < -0.39 is 15.9 Å². The van der Waals surface area contributed by atoms with Crippen molar-refractivity contribution in [1.29, 1.82) is 0 Å². The summed E-state index contributed by atoms with van der Waals surface area (Å²) >= 11 is 17.6. The number of halogens is 2. The summed E-state index contributed by atoms with van der Waals surface area (Å²) < 4.78 is 32.3. The van der Waals surface area contributed by atoms with Crippen LogP contribution in [0.25, 0.3) is 0 Å². The van der Waals surface area contributed by atoms with Crippen molar-refractivity contribution in [2.45, 2.75) is 4.90 Å². The van der Waals surface area contributed by atoms with Gasteiger partial charge in [0.05, 0.1) is 10.9 Å². The Morgan fingerprint density at radius 1 is 1.21 bits per heavy atom. The van der Waals surface area contributed by atoms with Gasteiger partial charge in [0.25, 0.3) is 15.9 Å². The molecule has 0 unspecified atom stereocenters. The third-order valence-electron chi connectivity index (χ3n) is 3.20. The van der Waals surface area contributed by atoms with Gasteiger partial charge in [0.2, 0.25) is 0 Å². The summed E-state index contributed by atoms with van der Waals surface area (Å²) in [6, 6.07) is 7.08. The topological polar surface area (TPSA) is 109 Å². The lowest BCUT2D eigenvalue weighted by Gasteiger charge is -2.12. The molecule has 0 atom stereocenters. The smallest absolute Gasteiger partial charge is 0.269 e. The number of thiocarbonyl (C=S) groups is 1. The van der Waals surface area contributed by atoms with Crippen molar-refractivity contribution in [1.82, 2.24) is 16.2 Å². The van der Waals surface area contributed by atoms with Gasteiger partial charge in [0, 0.05) is 24.9 Å². The van der Waals surface area contributed by atoms with Gasteiger partial charge in [-0.15, -0.1) is 11.3 Å². The first-order valence-electron chi connectivity index (χ1n) is 7.64.